The van der Waals surface area contributed by atoms with Crippen LogP contribution >= 0.6 is 0 Å². The molecule has 0 radical (unpaired) electrons. The van der Waals surface area contributed by atoms with Crippen LogP contribution in [0.3, 0.4) is 0 Å². The third-order valence-corrected chi connectivity index (χ3v) is 3.84. The van der Waals surface area contributed by atoms with E-state index in [1.54, 1.807) is 7.11 Å². The third kappa shape index (κ3) is 3.74. The van der Waals surface area contributed by atoms with Gasteiger partial charge in [-0.15, -0.1) is 0 Å². The summed E-state index contributed by atoms with van der Waals surface area (Å²) in [4.78, 5) is 4.44. The first-order valence-electron chi connectivity index (χ1n) is 7.96. The summed E-state index contributed by atoms with van der Waals surface area (Å²) >= 11 is 0. The minimum atomic E-state index is 0.476. The molecule has 2 aromatic carbocycles. The smallest absolute Gasteiger partial charge is 0.246 e. The van der Waals surface area contributed by atoms with Crippen LogP contribution in [-0.4, -0.2) is 17.3 Å². The maximum absolute atomic E-state index is 5.32. The van der Waals surface area contributed by atoms with E-state index in [4.69, 9.17) is 9.26 Å². The quantitative estimate of drug-likeness (QED) is 0.724. The van der Waals surface area contributed by atoms with E-state index in [1.165, 1.54) is 5.56 Å². The Bertz CT molecular complexity index is 777. The van der Waals surface area contributed by atoms with Crippen LogP contribution in [0.1, 0.15) is 31.2 Å². The molecule has 1 N–H and O–H groups in total. The van der Waals surface area contributed by atoms with Crippen LogP contribution in [0.2, 0.25) is 0 Å². The van der Waals surface area contributed by atoms with Gasteiger partial charge in [-0.05, 0) is 35.7 Å². The molecule has 0 bridgehead atoms. The molecular formula is C19H21N3O2. The number of aromatic nitrogens is 2. The lowest BCUT2D eigenvalue weighted by atomic mass is 10.0. The van der Waals surface area contributed by atoms with Crippen molar-refractivity contribution in [1.82, 2.24) is 10.1 Å². The zero-order valence-corrected chi connectivity index (χ0v) is 14.1. The molecule has 124 valence electrons. The number of nitrogens with zero attached hydrogens (tertiary/aromatic N) is 2. The van der Waals surface area contributed by atoms with Crippen LogP contribution in [0, 0.1) is 0 Å². The Hall–Kier alpha value is -2.82. The van der Waals surface area contributed by atoms with Gasteiger partial charge in [0.15, 0.2) is 0 Å². The maximum Gasteiger partial charge on any atom is 0.246 e. The number of benzene rings is 2. The van der Waals surface area contributed by atoms with E-state index < -0.39 is 0 Å². The molecule has 1 heterocycles. The number of rotatable bonds is 6. The Kier molecular flexibility index (Phi) is 4.79. The summed E-state index contributed by atoms with van der Waals surface area (Å²) in [5.41, 5.74) is 3.22. The highest BCUT2D eigenvalue weighted by Crippen LogP contribution is 2.21. The van der Waals surface area contributed by atoms with Crippen molar-refractivity contribution in [2.45, 2.75) is 26.3 Å². The number of anilines is 1. The highest BCUT2D eigenvalue weighted by Gasteiger charge is 2.09. The number of hydrogen-bond donors (Lipinski definition) is 1. The van der Waals surface area contributed by atoms with E-state index in [0.717, 1.165) is 17.0 Å². The normalized spacial score (nSPS) is 10.8. The first-order chi connectivity index (χ1) is 11.7. The molecule has 0 fully saturated rings. The fourth-order valence-corrected chi connectivity index (χ4v) is 2.35. The monoisotopic (exact) mass is 323 g/mol. The second-order valence-corrected chi connectivity index (χ2v) is 5.87. The Morgan fingerprint density at radius 3 is 2.38 bits per heavy atom. The van der Waals surface area contributed by atoms with Crippen LogP contribution in [0.5, 0.6) is 5.75 Å². The highest BCUT2D eigenvalue weighted by molar-refractivity contribution is 5.55. The SMILES string of the molecule is COc1ccc(NCc2nc(-c3ccc(C(C)C)cc3)no2)cc1. The maximum atomic E-state index is 5.32. The van der Waals surface area contributed by atoms with Gasteiger partial charge in [-0.25, -0.2) is 0 Å². The van der Waals surface area contributed by atoms with Crippen molar-refractivity contribution in [3.05, 3.63) is 60.0 Å². The number of hydrogen-bond acceptors (Lipinski definition) is 5. The van der Waals surface area contributed by atoms with Gasteiger partial charge in [0.05, 0.1) is 13.7 Å². The van der Waals surface area contributed by atoms with Gasteiger partial charge in [-0.3, -0.25) is 0 Å². The van der Waals surface area contributed by atoms with E-state index in [1.807, 2.05) is 36.4 Å². The van der Waals surface area contributed by atoms with Gasteiger partial charge in [-0.1, -0.05) is 43.3 Å². The minimum absolute atomic E-state index is 0.476. The zero-order valence-electron chi connectivity index (χ0n) is 14.1. The van der Waals surface area contributed by atoms with Gasteiger partial charge in [0.25, 0.3) is 0 Å². The third-order valence-electron chi connectivity index (χ3n) is 3.84. The highest BCUT2D eigenvalue weighted by atomic mass is 16.5. The second-order valence-electron chi connectivity index (χ2n) is 5.87. The van der Waals surface area contributed by atoms with Crippen molar-refractivity contribution in [2.24, 2.45) is 0 Å². The molecule has 0 saturated carbocycles. The zero-order chi connectivity index (χ0) is 16.9. The van der Waals surface area contributed by atoms with Gasteiger partial charge in [0.1, 0.15) is 5.75 Å². The lowest BCUT2D eigenvalue weighted by Gasteiger charge is -2.05. The Morgan fingerprint density at radius 2 is 1.75 bits per heavy atom. The Balaban J connectivity index is 1.64. The molecule has 0 aliphatic heterocycles. The molecule has 3 rings (SSSR count). The standard InChI is InChI=1S/C19H21N3O2/c1-13(2)14-4-6-15(7-5-14)19-21-18(24-22-19)12-20-16-8-10-17(23-3)11-9-16/h4-11,13,20H,12H2,1-3H3. The Labute approximate surface area is 141 Å². The topological polar surface area (TPSA) is 60.2 Å². The fourth-order valence-electron chi connectivity index (χ4n) is 2.35. The molecule has 24 heavy (non-hydrogen) atoms. The predicted octanol–water partition coefficient (Wildman–Crippen LogP) is 4.48. The molecule has 0 saturated heterocycles. The van der Waals surface area contributed by atoms with E-state index in [0.29, 0.717) is 24.2 Å². The lowest BCUT2D eigenvalue weighted by Crippen LogP contribution is -1.99. The van der Waals surface area contributed by atoms with Crippen LogP contribution in [-0.2, 0) is 6.54 Å². The largest absolute Gasteiger partial charge is 0.497 e. The minimum Gasteiger partial charge on any atom is -0.497 e. The van der Waals surface area contributed by atoms with Crippen molar-refractivity contribution < 1.29 is 9.26 Å². The van der Waals surface area contributed by atoms with Crippen molar-refractivity contribution in [3.8, 4) is 17.1 Å². The summed E-state index contributed by atoms with van der Waals surface area (Å²) in [5, 5.41) is 7.30. The summed E-state index contributed by atoms with van der Waals surface area (Å²) in [6.07, 6.45) is 0. The molecule has 0 atom stereocenters. The van der Waals surface area contributed by atoms with E-state index in [-0.39, 0.29) is 0 Å². The van der Waals surface area contributed by atoms with Gasteiger partial charge in [0.2, 0.25) is 11.7 Å². The summed E-state index contributed by atoms with van der Waals surface area (Å²) in [6.45, 7) is 4.82. The summed E-state index contributed by atoms with van der Waals surface area (Å²) < 4.78 is 10.5. The Morgan fingerprint density at radius 1 is 1.04 bits per heavy atom. The molecule has 0 unspecified atom stereocenters. The molecule has 5 heteroatoms. The molecule has 3 aromatic rings. The molecule has 1 aromatic heterocycles. The fraction of sp³-hybridized carbons (Fsp3) is 0.263. The van der Waals surface area contributed by atoms with Crippen LogP contribution in [0.15, 0.2) is 53.1 Å². The van der Waals surface area contributed by atoms with Crippen molar-refractivity contribution in [2.75, 3.05) is 12.4 Å². The van der Waals surface area contributed by atoms with E-state index in [9.17, 15) is 0 Å². The van der Waals surface area contributed by atoms with Gasteiger partial charge >= 0.3 is 0 Å². The van der Waals surface area contributed by atoms with E-state index in [2.05, 4.69) is 41.4 Å². The molecule has 0 amide bonds. The van der Waals surface area contributed by atoms with Gasteiger partial charge in [0, 0.05) is 11.3 Å². The van der Waals surface area contributed by atoms with Crippen LogP contribution in [0.25, 0.3) is 11.4 Å². The molecular weight excluding hydrogens is 302 g/mol. The van der Waals surface area contributed by atoms with Crippen LogP contribution in [0.4, 0.5) is 5.69 Å². The first kappa shape index (κ1) is 16.1. The number of methoxy groups -OCH3 is 1. The molecule has 0 spiro atoms. The summed E-state index contributed by atoms with van der Waals surface area (Å²) in [6, 6.07) is 16.0. The average molecular weight is 323 g/mol. The number of nitrogens with one attached hydrogen (secondary N) is 1. The first-order valence-corrected chi connectivity index (χ1v) is 7.96. The molecule has 0 aliphatic rings. The summed E-state index contributed by atoms with van der Waals surface area (Å²) in [5.74, 6) is 2.49. The lowest BCUT2D eigenvalue weighted by molar-refractivity contribution is 0.384. The second kappa shape index (κ2) is 7.17. The average Bonchev–Trinajstić information content (AvgIpc) is 3.09. The predicted molar refractivity (Wildman–Crippen MR) is 94.1 cm³/mol. The van der Waals surface area contributed by atoms with E-state index >= 15 is 0 Å². The summed E-state index contributed by atoms with van der Waals surface area (Å²) in [7, 11) is 1.65. The molecule has 5 nitrogen and oxygen atoms in total. The van der Waals surface area contributed by atoms with Crippen molar-refractivity contribution >= 4 is 5.69 Å². The van der Waals surface area contributed by atoms with Crippen molar-refractivity contribution in [1.29, 1.82) is 0 Å². The molecule has 0 aliphatic carbocycles. The van der Waals surface area contributed by atoms with Gasteiger partial charge in [-0.2, -0.15) is 4.98 Å². The van der Waals surface area contributed by atoms with Crippen molar-refractivity contribution in [3.63, 3.8) is 0 Å². The number of ether oxygens (including phenoxy) is 1. The van der Waals surface area contributed by atoms with Gasteiger partial charge < -0.3 is 14.6 Å². The van der Waals surface area contributed by atoms with Crippen LogP contribution < -0.4 is 10.1 Å².